The third-order valence-corrected chi connectivity index (χ3v) is 5.84. The molecule has 204 valence electrons. The standard InChI is InChI=1S/C27H44N2O7/c1-20(2)22(5)33-13-6-8-15-35-26(31)28-18-23-11-10-12-24(17-23)19-29-27(32)36-16-9-7-14-34-25(30)21(3)4/h23-24H,1,3,5-19H2,2,4H3,(H,28,31)(H,29,32). The molecule has 2 N–H and O–H groups in total. The molecule has 0 aliphatic heterocycles. The van der Waals surface area contributed by atoms with Gasteiger partial charge in [-0.15, -0.1) is 0 Å². The first-order chi connectivity index (χ1) is 17.2. The maximum absolute atomic E-state index is 11.9. The number of esters is 1. The molecule has 0 saturated heterocycles. The van der Waals surface area contributed by atoms with E-state index in [4.69, 9.17) is 18.9 Å². The summed E-state index contributed by atoms with van der Waals surface area (Å²) < 4.78 is 20.8. The van der Waals surface area contributed by atoms with Crippen molar-refractivity contribution in [1.29, 1.82) is 0 Å². The van der Waals surface area contributed by atoms with Crippen LogP contribution < -0.4 is 10.6 Å². The third-order valence-electron chi connectivity index (χ3n) is 5.84. The lowest BCUT2D eigenvalue weighted by atomic mass is 9.81. The number of carbonyl (C=O) groups excluding carboxylic acids is 3. The first-order valence-corrected chi connectivity index (χ1v) is 12.8. The largest absolute Gasteiger partial charge is 0.494 e. The molecule has 1 saturated carbocycles. The number of rotatable bonds is 17. The second kappa shape index (κ2) is 18.3. The van der Waals surface area contributed by atoms with Crippen molar-refractivity contribution < 1.29 is 33.3 Å². The zero-order valence-corrected chi connectivity index (χ0v) is 22.0. The number of unbranched alkanes of at least 4 members (excludes halogenated alkanes) is 2. The van der Waals surface area contributed by atoms with Crippen molar-refractivity contribution >= 4 is 18.2 Å². The second-order valence-electron chi connectivity index (χ2n) is 9.31. The molecule has 1 fully saturated rings. The lowest BCUT2D eigenvalue weighted by molar-refractivity contribution is -0.139. The zero-order valence-electron chi connectivity index (χ0n) is 22.0. The predicted octanol–water partition coefficient (Wildman–Crippen LogP) is 5.03. The fourth-order valence-electron chi connectivity index (χ4n) is 3.68. The minimum atomic E-state index is -0.438. The molecule has 2 amide bonds. The summed E-state index contributed by atoms with van der Waals surface area (Å²) in [5, 5.41) is 5.68. The summed E-state index contributed by atoms with van der Waals surface area (Å²) >= 11 is 0. The minimum absolute atomic E-state index is 0.270. The Hall–Kier alpha value is -2.97. The smallest absolute Gasteiger partial charge is 0.407 e. The summed E-state index contributed by atoms with van der Waals surface area (Å²) in [5.74, 6) is 0.888. The highest BCUT2D eigenvalue weighted by Gasteiger charge is 2.23. The SMILES string of the molecule is C=C(C)C(=C)OCCCCOC(=O)NCC1CCCC(CNC(=O)OCCCCOC(=O)C(=C)C)C1. The topological polar surface area (TPSA) is 112 Å². The normalized spacial score (nSPS) is 16.8. The van der Waals surface area contributed by atoms with Gasteiger partial charge in [-0.25, -0.2) is 14.4 Å². The number of alkyl carbamates (subject to hydrolysis) is 2. The van der Waals surface area contributed by atoms with E-state index in [1.54, 1.807) is 6.92 Å². The maximum Gasteiger partial charge on any atom is 0.407 e. The Labute approximate surface area is 215 Å². The van der Waals surface area contributed by atoms with Crippen molar-refractivity contribution in [3.05, 3.63) is 36.6 Å². The molecule has 0 aromatic carbocycles. The summed E-state index contributed by atoms with van der Waals surface area (Å²) in [6, 6.07) is 0. The van der Waals surface area contributed by atoms with Crippen molar-refractivity contribution in [3.8, 4) is 0 Å². The molecule has 1 rings (SSSR count). The van der Waals surface area contributed by atoms with Crippen LogP contribution in [0.4, 0.5) is 9.59 Å². The van der Waals surface area contributed by atoms with E-state index >= 15 is 0 Å². The van der Waals surface area contributed by atoms with E-state index in [0.29, 0.717) is 68.7 Å². The lowest BCUT2D eigenvalue weighted by Crippen LogP contribution is -2.36. The van der Waals surface area contributed by atoms with E-state index in [0.717, 1.165) is 37.7 Å². The van der Waals surface area contributed by atoms with Gasteiger partial charge >= 0.3 is 18.2 Å². The molecule has 0 bridgehead atoms. The van der Waals surface area contributed by atoms with E-state index < -0.39 is 18.2 Å². The molecule has 0 aromatic rings. The molecule has 9 nitrogen and oxygen atoms in total. The van der Waals surface area contributed by atoms with Crippen LogP contribution in [-0.2, 0) is 23.7 Å². The summed E-state index contributed by atoms with van der Waals surface area (Å²) in [6.07, 6.45) is 5.94. The van der Waals surface area contributed by atoms with Gasteiger partial charge in [-0.05, 0) is 76.2 Å². The lowest BCUT2D eigenvalue weighted by Gasteiger charge is -2.29. The molecular weight excluding hydrogens is 464 g/mol. The molecule has 0 heterocycles. The summed E-state index contributed by atoms with van der Waals surface area (Å²) in [7, 11) is 0. The van der Waals surface area contributed by atoms with Crippen LogP contribution in [0.1, 0.15) is 65.2 Å². The molecule has 0 radical (unpaired) electrons. The van der Waals surface area contributed by atoms with Gasteiger partial charge in [0.1, 0.15) is 5.76 Å². The van der Waals surface area contributed by atoms with Gasteiger partial charge in [-0.3, -0.25) is 0 Å². The van der Waals surface area contributed by atoms with Crippen molar-refractivity contribution in [2.45, 2.75) is 65.2 Å². The summed E-state index contributed by atoms with van der Waals surface area (Å²) in [5.41, 5.74) is 1.17. The van der Waals surface area contributed by atoms with Crippen molar-refractivity contribution in [2.75, 3.05) is 39.5 Å². The molecular formula is C27H44N2O7. The van der Waals surface area contributed by atoms with Crippen LogP contribution in [0.3, 0.4) is 0 Å². The average Bonchev–Trinajstić information content (AvgIpc) is 2.85. The van der Waals surface area contributed by atoms with E-state index in [1.165, 1.54) is 0 Å². The fraction of sp³-hybridized carbons (Fsp3) is 0.667. The van der Waals surface area contributed by atoms with E-state index in [1.807, 2.05) is 6.92 Å². The van der Waals surface area contributed by atoms with Gasteiger partial charge in [0.25, 0.3) is 0 Å². The highest BCUT2D eigenvalue weighted by Crippen LogP contribution is 2.28. The minimum Gasteiger partial charge on any atom is -0.494 e. The Morgan fingerprint density at radius 1 is 0.694 bits per heavy atom. The van der Waals surface area contributed by atoms with Gasteiger partial charge in [-0.2, -0.15) is 0 Å². The monoisotopic (exact) mass is 508 g/mol. The van der Waals surface area contributed by atoms with Crippen molar-refractivity contribution in [2.24, 2.45) is 11.8 Å². The van der Waals surface area contributed by atoms with Gasteiger partial charge < -0.3 is 29.6 Å². The molecule has 2 unspecified atom stereocenters. The van der Waals surface area contributed by atoms with Crippen LogP contribution in [-0.4, -0.2) is 57.7 Å². The predicted molar refractivity (Wildman–Crippen MR) is 138 cm³/mol. The van der Waals surface area contributed by atoms with E-state index in [2.05, 4.69) is 30.4 Å². The number of allylic oxidation sites excluding steroid dienone is 1. The fourth-order valence-corrected chi connectivity index (χ4v) is 3.68. The first-order valence-electron chi connectivity index (χ1n) is 12.8. The van der Waals surface area contributed by atoms with E-state index in [-0.39, 0.29) is 13.2 Å². The Kier molecular flexibility index (Phi) is 15.8. The van der Waals surface area contributed by atoms with Crippen LogP contribution >= 0.6 is 0 Å². The van der Waals surface area contributed by atoms with Gasteiger partial charge in [0, 0.05) is 18.7 Å². The molecule has 0 spiro atoms. The van der Waals surface area contributed by atoms with Crippen LogP contribution in [0.15, 0.2) is 36.6 Å². The molecule has 36 heavy (non-hydrogen) atoms. The highest BCUT2D eigenvalue weighted by molar-refractivity contribution is 5.86. The van der Waals surface area contributed by atoms with Crippen LogP contribution in [0, 0.1) is 11.8 Å². The molecule has 0 aromatic heterocycles. The Morgan fingerprint density at radius 2 is 1.14 bits per heavy atom. The molecule has 9 heteroatoms. The van der Waals surface area contributed by atoms with Gasteiger partial charge in [-0.1, -0.05) is 26.2 Å². The number of nitrogens with one attached hydrogen (secondary N) is 2. The highest BCUT2D eigenvalue weighted by atomic mass is 16.6. The van der Waals surface area contributed by atoms with Crippen molar-refractivity contribution in [3.63, 3.8) is 0 Å². The molecule has 1 aliphatic carbocycles. The number of carbonyl (C=O) groups is 3. The van der Waals surface area contributed by atoms with Gasteiger partial charge in [0.05, 0.1) is 26.4 Å². The zero-order chi connectivity index (χ0) is 26.8. The first kappa shape index (κ1) is 31.1. The number of hydrogen-bond acceptors (Lipinski definition) is 7. The quantitative estimate of drug-likeness (QED) is 0.0707. The average molecular weight is 509 g/mol. The van der Waals surface area contributed by atoms with Crippen LogP contribution in [0.2, 0.25) is 0 Å². The Balaban J connectivity index is 2.07. The summed E-state index contributed by atoms with van der Waals surface area (Å²) in [4.78, 5) is 35.1. The van der Waals surface area contributed by atoms with Crippen LogP contribution in [0.5, 0.6) is 0 Å². The Bertz CT molecular complexity index is 690. The van der Waals surface area contributed by atoms with Crippen LogP contribution in [0.25, 0.3) is 0 Å². The second-order valence-corrected chi connectivity index (χ2v) is 9.31. The van der Waals surface area contributed by atoms with E-state index in [9.17, 15) is 14.4 Å². The summed E-state index contributed by atoms with van der Waals surface area (Å²) in [6.45, 7) is 17.0. The van der Waals surface area contributed by atoms with Gasteiger partial charge in [0.15, 0.2) is 0 Å². The van der Waals surface area contributed by atoms with Gasteiger partial charge in [0.2, 0.25) is 0 Å². The maximum atomic E-state index is 11.9. The van der Waals surface area contributed by atoms with Crippen molar-refractivity contribution in [1.82, 2.24) is 10.6 Å². The molecule has 1 aliphatic rings. The number of hydrogen-bond donors (Lipinski definition) is 2. The number of ether oxygens (including phenoxy) is 4. The number of amides is 2. The third kappa shape index (κ3) is 15.1. The Morgan fingerprint density at radius 3 is 1.58 bits per heavy atom. The molecule has 2 atom stereocenters.